The van der Waals surface area contributed by atoms with Gasteiger partial charge in [0.15, 0.2) is 4.77 Å². The first-order valence-corrected chi connectivity index (χ1v) is 6.07. The second-order valence-corrected chi connectivity index (χ2v) is 4.81. The number of nitrogens with zero attached hydrogens (tertiary/aromatic N) is 2. The van der Waals surface area contributed by atoms with Gasteiger partial charge in [0.05, 0.1) is 11.4 Å². The minimum Gasteiger partial charge on any atom is -0.369 e. The first-order chi connectivity index (χ1) is 7.58. The Bertz CT molecular complexity index is 406. The van der Waals surface area contributed by atoms with Crippen LogP contribution < -0.4 is 10.6 Å². The Balaban J connectivity index is 2.30. The lowest BCUT2D eigenvalue weighted by molar-refractivity contribution is 0.499. The summed E-state index contributed by atoms with van der Waals surface area (Å²) in [7, 11) is 0. The van der Waals surface area contributed by atoms with E-state index in [1.165, 1.54) is 5.69 Å². The van der Waals surface area contributed by atoms with Crippen LogP contribution in [0.3, 0.4) is 0 Å². The summed E-state index contributed by atoms with van der Waals surface area (Å²) in [4.78, 5) is 9.79. The number of H-pyrrole nitrogens is 1. The highest BCUT2D eigenvalue weighted by Crippen LogP contribution is 2.24. The molecule has 16 heavy (non-hydrogen) atoms. The summed E-state index contributed by atoms with van der Waals surface area (Å²) in [6.07, 6.45) is 2.10. The molecule has 1 aliphatic rings. The van der Waals surface area contributed by atoms with Gasteiger partial charge in [-0.1, -0.05) is 0 Å². The average molecular weight is 238 g/mol. The zero-order valence-electron chi connectivity index (χ0n) is 9.79. The molecule has 5 heteroatoms. The van der Waals surface area contributed by atoms with E-state index in [0.717, 1.165) is 37.3 Å². The van der Waals surface area contributed by atoms with Crippen molar-refractivity contribution in [3.63, 3.8) is 0 Å². The smallest absolute Gasteiger partial charge is 0.197 e. The SMILES string of the molecule is Cc1nc(=S)[nH]c(C)c1N1CCC(N)CC1. The highest BCUT2D eigenvalue weighted by molar-refractivity contribution is 7.71. The summed E-state index contributed by atoms with van der Waals surface area (Å²) in [5.74, 6) is 0. The first-order valence-electron chi connectivity index (χ1n) is 5.66. The van der Waals surface area contributed by atoms with Gasteiger partial charge >= 0.3 is 0 Å². The van der Waals surface area contributed by atoms with Gasteiger partial charge in [0, 0.05) is 24.8 Å². The van der Waals surface area contributed by atoms with Crippen molar-refractivity contribution < 1.29 is 0 Å². The zero-order valence-corrected chi connectivity index (χ0v) is 10.6. The third-order valence-electron chi connectivity index (χ3n) is 3.12. The summed E-state index contributed by atoms with van der Waals surface area (Å²) in [6, 6.07) is 0.354. The summed E-state index contributed by atoms with van der Waals surface area (Å²) in [6.45, 7) is 6.08. The van der Waals surface area contributed by atoms with E-state index in [0.29, 0.717) is 10.8 Å². The lowest BCUT2D eigenvalue weighted by Crippen LogP contribution is -2.40. The van der Waals surface area contributed by atoms with Crippen molar-refractivity contribution in [2.75, 3.05) is 18.0 Å². The normalized spacial score (nSPS) is 17.8. The van der Waals surface area contributed by atoms with Crippen LogP contribution in [0.1, 0.15) is 24.2 Å². The van der Waals surface area contributed by atoms with Crippen LogP contribution >= 0.6 is 12.2 Å². The van der Waals surface area contributed by atoms with Crippen LogP contribution in [0.15, 0.2) is 0 Å². The number of aryl methyl sites for hydroxylation is 2. The van der Waals surface area contributed by atoms with Gasteiger partial charge in [0.2, 0.25) is 0 Å². The van der Waals surface area contributed by atoms with Crippen molar-refractivity contribution >= 4 is 17.9 Å². The molecule has 0 saturated carbocycles. The molecule has 1 aromatic rings. The molecule has 0 atom stereocenters. The maximum atomic E-state index is 5.91. The molecule has 0 unspecified atom stereocenters. The topological polar surface area (TPSA) is 57.9 Å². The largest absolute Gasteiger partial charge is 0.369 e. The van der Waals surface area contributed by atoms with E-state index in [2.05, 4.69) is 14.9 Å². The number of piperidine rings is 1. The fourth-order valence-electron chi connectivity index (χ4n) is 2.31. The average Bonchev–Trinajstić information content (AvgIpc) is 2.19. The number of rotatable bonds is 1. The molecule has 0 spiro atoms. The van der Waals surface area contributed by atoms with Gasteiger partial charge in [0.25, 0.3) is 0 Å². The quantitative estimate of drug-likeness (QED) is 0.731. The summed E-state index contributed by atoms with van der Waals surface area (Å²) in [5, 5.41) is 0. The van der Waals surface area contributed by atoms with Crippen LogP contribution in [-0.2, 0) is 0 Å². The molecule has 4 nitrogen and oxygen atoms in total. The molecule has 1 fully saturated rings. The molecule has 1 aliphatic heterocycles. The Hall–Kier alpha value is -0.940. The van der Waals surface area contributed by atoms with E-state index in [9.17, 15) is 0 Å². The number of nitrogens with one attached hydrogen (secondary N) is 1. The van der Waals surface area contributed by atoms with Crippen LogP contribution in [-0.4, -0.2) is 29.1 Å². The lowest BCUT2D eigenvalue weighted by Gasteiger charge is -2.33. The van der Waals surface area contributed by atoms with Crippen molar-refractivity contribution in [1.82, 2.24) is 9.97 Å². The van der Waals surface area contributed by atoms with Gasteiger partial charge in [-0.05, 0) is 38.9 Å². The zero-order chi connectivity index (χ0) is 11.7. The molecule has 0 amide bonds. The van der Waals surface area contributed by atoms with Gasteiger partial charge in [-0.3, -0.25) is 0 Å². The molecule has 1 aromatic heterocycles. The van der Waals surface area contributed by atoms with E-state index in [4.69, 9.17) is 18.0 Å². The number of hydrogen-bond donors (Lipinski definition) is 2. The molecule has 2 rings (SSSR count). The summed E-state index contributed by atoms with van der Waals surface area (Å²) < 4.78 is 0.562. The molecule has 0 radical (unpaired) electrons. The minimum absolute atomic E-state index is 0.354. The van der Waals surface area contributed by atoms with Crippen LogP contribution in [0.5, 0.6) is 0 Å². The van der Waals surface area contributed by atoms with E-state index < -0.39 is 0 Å². The second-order valence-electron chi connectivity index (χ2n) is 4.43. The fourth-order valence-corrected chi connectivity index (χ4v) is 2.60. The molecule has 0 aromatic carbocycles. The molecule has 0 bridgehead atoms. The monoisotopic (exact) mass is 238 g/mol. The van der Waals surface area contributed by atoms with E-state index in [-0.39, 0.29) is 0 Å². The Kier molecular flexibility index (Phi) is 3.25. The lowest BCUT2D eigenvalue weighted by atomic mass is 10.0. The van der Waals surface area contributed by atoms with Gasteiger partial charge < -0.3 is 15.6 Å². The first kappa shape index (κ1) is 11.5. The predicted octanol–water partition coefficient (Wildman–Crippen LogP) is 1.68. The van der Waals surface area contributed by atoms with E-state index >= 15 is 0 Å². The number of anilines is 1. The fraction of sp³-hybridized carbons (Fsp3) is 0.636. The molecule has 88 valence electrons. The summed E-state index contributed by atoms with van der Waals surface area (Å²) in [5.41, 5.74) is 9.22. The van der Waals surface area contributed by atoms with Crippen molar-refractivity contribution in [3.05, 3.63) is 16.2 Å². The molecular weight excluding hydrogens is 220 g/mol. The molecule has 2 heterocycles. The Morgan fingerprint density at radius 1 is 1.38 bits per heavy atom. The highest BCUT2D eigenvalue weighted by Gasteiger charge is 2.19. The maximum absolute atomic E-state index is 5.91. The standard InChI is InChI=1S/C11H18N4S/c1-7-10(8(2)14-11(16)13-7)15-5-3-9(12)4-6-15/h9H,3-6,12H2,1-2H3,(H,13,14,16). The molecule has 3 N–H and O–H groups in total. The van der Waals surface area contributed by atoms with Crippen LogP contribution in [0.2, 0.25) is 0 Å². The van der Waals surface area contributed by atoms with Crippen molar-refractivity contribution in [2.45, 2.75) is 32.7 Å². The van der Waals surface area contributed by atoms with Crippen LogP contribution in [0.25, 0.3) is 0 Å². The Morgan fingerprint density at radius 3 is 2.56 bits per heavy atom. The van der Waals surface area contributed by atoms with Crippen LogP contribution in [0, 0.1) is 18.6 Å². The third kappa shape index (κ3) is 2.25. The number of nitrogens with two attached hydrogens (primary N) is 1. The third-order valence-corrected chi connectivity index (χ3v) is 3.31. The molecule has 0 aliphatic carbocycles. The van der Waals surface area contributed by atoms with Gasteiger partial charge in [-0.25, -0.2) is 4.98 Å². The highest BCUT2D eigenvalue weighted by atomic mass is 32.1. The maximum Gasteiger partial charge on any atom is 0.197 e. The second kappa shape index (κ2) is 4.51. The number of aromatic nitrogens is 2. The molecule has 1 saturated heterocycles. The van der Waals surface area contributed by atoms with E-state index in [1.54, 1.807) is 0 Å². The number of aromatic amines is 1. The summed E-state index contributed by atoms with van der Waals surface area (Å²) >= 11 is 5.06. The van der Waals surface area contributed by atoms with E-state index in [1.807, 2.05) is 13.8 Å². The van der Waals surface area contributed by atoms with Gasteiger partial charge in [-0.15, -0.1) is 0 Å². The van der Waals surface area contributed by atoms with Gasteiger partial charge in [-0.2, -0.15) is 0 Å². The molecular formula is C11H18N4S. The minimum atomic E-state index is 0.354. The number of hydrogen-bond acceptors (Lipinski definition) is 4. The Morgan fingerprint density at radius 2 is 2.00 bits per heavy atom. The Labute approximate surface area is 101 Å². The predicted molar refractivity (Wildman–Crippen MR) is 68.3 cm³/mol. The van der Waals surface area contributed by atoms with Crippen molar-refractivity contribution in [2.24, 2.45) is 5.73 Å². The van der Waals surface area contributed by atoms with Gasteiger partial charge in [0.1, 0.15) is 0 Å². The van der Waals surface area contributed by atoms with Crippen LogP contribution in [0.4, 0.5) is 5.69 Å². The van der Waals surface area contributed by atoms with Crippen molar-refractivity contribution in [3.8, 4) is 0 Å². The van der Waals surface area contributed by atoms with Crippen molar-refractivity contribution in [1.29, 1.82) is 0 Å².